The maximum absolute atomic E-state index is 12.6. The Balaban J connectivity index is 1.69. The van der Waals surface area contributed by atoms with Gasteiger partial charge in [0, 0.05) is 4.88 Å². The maximum atomic E-state index is 12.6. The van der Waals surface area contributed by atoms with Crippen LogP contribution in [0.15, 0.2) is 0 Å². The van der Waals surface area contributed by atoms with Crippen molar-refractivity contribution < 1.29 is 23.9 Å². The second-order valence-corrected chi connectivity index (χ2v) is 8.64. The minimum absolute atomic E-state index is 0.104. The van der Waals surface area contributed by atoms with E-state index in [1.807, 2.05) is 0 Å². The maximum Gasteiger partial charge on any atom is 0.341 e. The van der Waals surface area contributed by atoms with E-state index in [-0.39, 0.29) is 18.5 Å². The van der Waals surface area contributed by atoms with Crippen molar-refractivity contribution in [2.24, 2.45) is 5.92 Å². The van der Waals surface area contributed by atoms with Gasteiger partial charge < -0.3 is 14.8 Å². The highest BCUT2D eigenvalue weighted by Gasteiger charge is 2.30. The van der Waals surface area contributed by atoms with Gasteiger partial charge in [0.25, 0.3) is 5.91 Å². The largest absolute Gasteiger partial charge is 0.462 e. The zero-order valence-electron chi connectivity index (χ0n) is 16.7. The third-order valence-corrected chi connectivity index (χ3v) is 6.70. The van der Waals surface area contributed by atoms with E-state index in [2.05, 4.69) is 5.32 Å². The molecular weight excluding hydrogens is 378 g/mol. The second-order valence-electron chi connectivity index (χ2n) is 7.54. The number of carbonyl (C=O) groups excluding carboxylic acids is 3. The molecule has 1 heterocycles. The summed E-state index contributed by atoms with van der Waals surface area (Å²) in [4.78, 5) is 38.6. The molecule has 0 spiro atoms. The molecule has 1 atom stereocenters. The van der Waals surface area contributed by atoms with Gasteiger partial charge in [-0.05, 0) is 57.9 Å². The van der Waals surface area contributed by atoms with Gasteiger partial charge >= 0.3 is 11.9 Å². The Morgan fingerprint density at radius 3 is 2.54 bits per heavy atom. The first kappa shape index (κ1) is 20.8. The fourth-order valence-electron chi connectivity index (χ4n) is 3.95. The van der Waals surface area contributed by atoms with Gasteiger partial charge in [-0.3, -0.25) is 9.59 Å². The van der Waals surface area contributed by atoms with Crippen LogP contribution in [0.3, 0.4) is 0 Å². The Morgan fingerprint density at radius 2 is 1.82 bits per heavy atom. The quantitative estimate of drug-likeness (QED) is 0.713. The van der Waals surface area contributed by atoms with E-state index < -0.39 is 18.0 Å². The molecule has 1 unspecified atom stereocenters. The number of fused-ring (bicyclic) bond motifs is 1. The number of ether oxygens (including phenoxy) is 2. The van der Waals surface area contributed by atoms with Crippen molar-refractivity contribution in [3.8, 4) is 0 Å². The zero-order valence-corrected chi connectivity index (χ0v) is 17.5. The summed E-state index contributed by atoms with van der Waals surface area (Å²) in [7, 11) is 0. The molecule has 7 heteroatoms. The van der Waals surface area contributed by atoms with Gasteiger partial charge in [0.05, 0.1) is 18.1 Å². The number of hydrogen-bond donors (Lipinski definition) is 1. The lowest BCUT2D eigenvalue weighted by Crippen LogP contribution is -2.33. The van der Waals surface area contributed by atoms with Crippen LogP contribution in [0.5, 0.6) is 0 Å². The lowest BCUT2D eigenvalue weighted by Gasteiger charge is -2.22. The molecule has 1 aromatic heterocycles. The van der Waals surface area contributed by atoms with Gasteiger partial charge in [-0.1, -0.05) is 19.3 Å². The molecule has 154 valence electrons. The van der Waals surface area contributed by atoms with Crippen molar-refractivity contribution in [2.45, 2.75) is 77.7 Å². The molecule has 1 saturated carbocycles. The number of aryl methyl sites for hydroxylation is 1. The van der Waals surface area contributed by atoms with Crippen LogP contribution in [-0.4, -0.2) is 30.6 Å². The number of carbonyl (C=O) groups is 3. The fourth-order valence-corrected chi connectivity index (χ4v) is 5.23. The molecule has 1 N–H and O–H groups in total. The van der Waals surface area contributed by atoms with Gasteiger partial charge in [0.15, 0.2) is 6.10 Å². The lowest BCUT2D eigenvalue weighted by atomic mass is 9.89. The summed E-state index contributed by atoms with van der Waals surface area (Å²) in [6, 6.07) is 0. The molecule has 0 aromatic carbocycles. The van der Waals surface area contributed by atoms with Gasteiger partial charge in [0.1, 0.15) is 5.00 Å². The minimum atomic E-state index is -0.899. The van der Waals surface area contributed by atoms with E-state index in [1.165, 1.54) is 11.3 Å². The van der Waals surface area contributed by atoms with Crippen LogP contribution >= 0.6 is 11.3 Å². The molecule has 28 heavy (non-hydrogen) atoms. The van der Waals surface area contributed by atoms with Gasteiger partial charge in [0.2, 0.25) is 0 Å². The molecular formula is C21H29NO5S. The van der Waals surface area contributed by atoms with Crippen LogP contribution < -0.4 is 5.32 Å². The molecule has 2 aliphatic rings. The first-order valence-corrected chi connectivity index (χ1v) is 11.2. The molecule has 1 amide bonds. The van der Waals surface area contributed by atoms with Crippen molar-refractivity contribution in [3.05, 3.63) is 16.0 Å². The highest BCUT2D eigenvalue weighted by atomic mass is 32.1. The second kappa shape index (κ2) is 9.54. The lowest BCUT2D eigenvalue weighted by molar-refractivity contribution is -0.158. The average molecular weight is 408 g/mol. The van der Waals surface area contributed by atoms with Crippen molar-refractivity contribution >= 4 is 34.2 Å². The van der Waals surface area contributed by atoms with Crippen LogP contribution in [0.1, 0.15) is 79.6 Å². The van der Waals surface area contributed by atoms with Crippen LogP contribution in [-0.2, 0) is 31.9 Å². The summed E-state index contributed by atoms with van der Waals surface area (Å²) in [5, 5.41) is 3.33. The topological polar surface area (TPSA) is 81.7 Å². The number of nitrogens with one attached hydrogen (secondary N) is 1. The fraction of sp³-hybridized carbons (Fsp3) is 0.667. The third kappa shape index (κ3) is 4.74. The van der Waals surface area contributed by atoms with E-state index in [4.69, 9.17) is 9.47 Å². The zero-order chi connectivity index (χ0) is 20.1. The summed E-state index contributed by atoms with van der Waals surface area (Å²) >= 11 is 1.44. The van der Waals surface area contributed by atoms with Crippen molar-refractivity contribution in [1.29, 1.82) is 0 Å². The number of hydrogen-bond acceptors (Lipinski definition) is 6. The SMILES string of the molecule is CCOC(=O)c1c(NC(=O)C(C)OC(=O)C2CCCCC2)sc2c1CCCC2. The standard InChI is InChI=1S/C21H29NO5S/c1-3-26-21(25)17-15-11-7-8-12-16(15)28-19(17)22-18(23)13(2)27-20(24)14-9-5-4-6-10-14/h13-14H,3-12H2,1-2H3,(H,22,23). The highest BCUT2D eigenvalue weighted by molar-refractivity contribution is 7.17. The summed E-state index contributed by atoms with van der Waals surface area (Å²) in [5.41, 5.74) is 1.47. The molecule has 6 nitrogen and oxygen atoms in total. The van der Waals surface area contributed by atoms with E-state index >= 15 is 0 Å². The molecule has 3 rings (SSSR count). The number of anilines is 1. The van der Waals surface area contributed by atoms with E-state index in [1.54, 1.807) is 13.8 Å². The van der Waals surface area contributed by atoms with Crippen LogP contribution in [0, 0.1) is 5.92 Å². The first-order chi connectivity index (χ1) is 13.5. The van der Waals surface area contributed by atoms with Crippen molar-refractivity contribution in [3.63, 3.8) is 0 Å². The van der Waals surface area contributed by atoms with E-state index in [0.29, 0.717) is 10.6 Å². The Kier molecular flexibility index (Phi) is 7.10. The predicted octanol–water partition coefficient (Wildman–Crippen LogP) is 4.25. The smallest absolute Gasteiger partial charge is 0.341 e. The molecule has 1 fully saturated rings. The molecule has 1 aromatic rings. The van der Waals surface area contributed by atoms with Crippen LogP contribution in [0.25, 0.3) is 0 Å². The van der Waals surface area contributed by atoms with Gasteiger partial charge in [-0.25, -0.2) is 4.79 Å². The Morgan fingerprint density at radius 1 is 1.11 bits per heavy atom. The van der Waals surface area contributed by atoms with E-state index in [0.717, 1.165) is 68.2 Å². The number of esters is 2. The Hall–Kier alpha value is -1.89. The number of thiophene rings is 1. The summed E-state index contributed by atoms with van der Waals surface area (Å²) < 4.78 is 10.6. The van der Waals surface area contributed by atoms with Crippen LogP contribution in [0.4, 0.5) is 5.00 Å². The molecule has 0 aliphatic heterocycles. The van der Waals surface area contributed by atoms with Crippen molar-refractivity contribution in [2.75, 3.05) is 11.9 Å². The molecule has 0 radical (unpaired) electrons. The van der Waals surface area contributed by atoms with Crippen LogP contribution in [0.2, 0.25) is 0 Å². The number of amides is 1. The van der Waals surface area contributed by atoms with E-state index in [9.17, 15) is 14.4 Å². The molecule has 2 aliphatic carbocycles. The average Bonchev–Trinajstić information content (AvgIpc) is 3.06. The monoisotopic (exact) mass is 407 g/mol. The Bertz CT molecular complexity index is 735. The predicted molar refractivity (Wildman–Crippen MR) is 108 cm³/mol. The van der Waals surface area contributed by atoms with Gasteiger partial charge in [-0.2, -0.15) is 0 Å². The highest BCUT2D eigenvalue weighted by Crippen LogP contribution is 2.38. The van der Waals surface area contributed by atoms with Gasteiger partial charge in [-0.15, -0.1) is 11.3 Å². The third-order valence-electron chi connectivity index (χ3n) is 5.49. The Labute approximate surface area is 170 Å². The first-order valence-electron chi connectivity index (χ1n) is 10.3. The molecule has 0 saturated heterocycles. The van der Waals surface area contributed by atoms with Crippen molar-refractivity contribution in [1.82, 2.24) is 0 Å². The summed E-state index contributed by atoms with van der Waals surface area (Å²) in [5.74, 6) is -1.20. The molecule has 0 bridgehead atoms. The summed E-state index contributed by atoms with van der Waals surface area (Å²) in [6.45, 7) is 3.63. The minimum Gasteiger partial charge on any atom is -0.462 e. The summed E-state index contributed by atoms with van der Waals surface area (Å²) in [6.07, 6.45) is 7.82. The normalized spacial score (nSPS) is 18.1. The number of rotatable bonds is 6.